The van der Waals surface area contributed by atoms with Crippen LogP contribution in [0.4, 0.5) is 5.69 Å². The van der Waals surface area contributed by atoms with Crippen molar-refractivity contribution in [3.63, 3.8) is 0 Å². The number of nitro groups is 1. The number of benzene rings is 1. The van der Waals surface area contributed by atoms with E-state index in [-0.39, 0.29) is 11.4 Å². The molecule has 5 rings (SSSR count). The van der Waals surface area contributed by atoms with E-state index in [4.69, 9.17) is 37.9 Å². The number of non-ortho nitro benzene ring substituents is 1. The van der Waals surface area contributed by atoms with Gasteiger partial charge in [-0.2, -0.15) is 0 Å². The maximum absolute atomic E-state index is 11.1. The number of hydrogen-bond donors (Lipinski definition) is 13. The molecular formula is C30H45NO23. The van der Waals surface area contributed by atoms with E-state index in [9.17, 15) is 76.5 Å². The van der Waals surface area contributed by atoms with Crippen molar-refractivity contribution >= 4 is 5.69 Å². The van der Waals surface area contributed by atoms with Gasteiger partial charge in [-0.3, -0.25) is 10.1 Å². The Morgan fingerprint density at radius 3 is 1.19 bits per heavy atom. The van der Waals surface area contributed by atoms with E-state index in [2.05, 4.69) is 0 Å². The van der Waals surface area contributed by atoms with Crippen molar-refractivity contribution in [3.8, 4) is 5.75 Å². The molecule has 4 aliphatic heterocycles. The smallest absolute Gasteiger partial charge is 0.269 e. The zero-order valence-corrected chi connectivity index (χ0v) is 28.0. The fourth-order valence-corrected chi connectivity index (χ4v) is 6.41. The van der Waals surface area contributed by atoms with Crippen molar-refractivity contribution in [2.45, 2.75) is 123 Å². The minimum atomic E-state index is -2.06. The first kappa shape index (κ1) is 42.8. The lowest BCUT2D eigenvalue weighted by Gasteiger charge is -2.49. The van der Waals surface area contributed by atoms with E-state index in [1.54, 1.807) is 0 Å². The first-order valence-corrected chi connectivity index (χ1v) is 16.7. The highest BCUT2D eigenvalue weighted by molar-refractivity contribution is 5.36. The molecule has 0 aliphatic carbocycles. The Balaban J connectivity index is 1.22. The summed E-state index contributed by atoms with van der Waals surface area (Å²) in [6, 6.07) is 4.64. The highest BCUT2D eigenvalue weighted by Gasteiger charge is 2.55. The van der Waals surface area contributed by atoms with Gasteiger partial charge in [-0.25, -0.2) is 0 Å². The summed E-state index contributed by atoms with van der Waals surface area (Å²) in [6.07, 6.45) is -35.7. The summed E-state index contributed by atoms with van der Waals surface area (Å²) in [5.41, 5.74) is -0.251. The lowest BCUT2D eigenvalue weighted by Crippen LogP contribution is -2.67. The minimum Gasteiger partial charge on any atom is -0.462 e. The summed E-state index contributed by atoms with van der Waals surface area (Å²) >= 11 is 0. The first-order chi connectivity index (χ1) is 25.6. The lowest BCUT2D eigenvalue weighted by molar-refractivity contribution is -0.387. The molecule has 24 heteroatoms. The van der Waals surface area contributed by atoms with Crippen LogP contribution in [0.5, 0.6) is 5.75 Å². The monoisotopic (exact) mass is 787 g/mol. The van der Waals surface area contributed by atoms with Crippen LogP contribution in [0.25, 0.3) is 0 Å². The normalized spacial score (nSPS) is 45.9. The van der Waals surface area contributed by atoms with Crippen LogP contribution in [0.15, 0.2) is 24.3 Å². The maximum Gasteiger partial charge on any atom is 0.269 e. The Kier molecular flexibility index (Phi) is 14.5. The summed E-state index contributed by atoms with van der Waals surface area (Å²) in [4.78, 5) is 10.3. The highest BCUT2D eigenvalue weighted by Crippen LogP contribution is 2.34. The van der Waals surface area contributed by atoms with Crippen LogP contribution in [0.3, 0.4) is 0 Å². The third-order valence-corrected chi connectivity index (χ3v) is 9.48. The van der Waals surface area contributed by atoms with Crippen LogP contribution in [0.1, 0.15) is 0 Å². The van der Waals surface area contributed by atoms with E-state index < -0.39 is 154 Å². The predicted molar refractivity (Wildman–Crippen MR) is 165 cm³/mol. The van der Waals surface area contributed by atoms with Crippen molar-refractivity contribution in [1.29, 1.82) is 0 Å². The molecule has 24 nitrogen and oxygen atoms in total. The van der Waals surface area contributed by atoms with Crippen molar-refractivity contribution < 1.29 is 109 Å². The molecule has 4 heterocycles. The van der Waals surface area contributed by atoms with Gasteiger partial charge in [-0.1, -0.05) is 0 Å². The third-order valence-electron chi connectivity index (χ3n) is 9.48. The summed E-state index contributed by atoms with van der Waals surface area (Å²) in [6.45, 7) is -3.50. The number of nitrogens with zero attached hydrogens (tertiary/aromatic N) is 1. The number of aliphatic hydroxyl groups is 13. The molecule has 0 spiro atoms. The van der Waals surface area contributed by atoms with Crippen LogP contribution >= 0.6 is 0 Å². The van der Waals surface area contributed by atoms with Crippen LogP contribution < -0.4 is 4.74 Å². The van der Waals surface area contributed by atoms with Crippen molar-refractivity contribution in [2.75, 3.05) is 26.4 Å². The average molecular weight is 788 g/mol. The Labute approximate surface area is 304 Å². The SMILES string of the molecule is O=[N+]([O-])c1ccc(O[C@@H]2O[C@H](CO)[C@@H](O[C@@H]3O[C@H](CO)[C@@H](O[C@@H]4O[C@H](CO)[C@@H](O[C@@H]5O[C@H](CO)[C@H](O)[C@H](O)[C@@H]5O)[C@H](O)[C@@H]4O)[C@H](O)[C@@H]3O)[C@@H](O)[C@@H]2O)cc1. The second kappa shape index (κ2) is 18.3. The topological polar surface area (TPSA) is 380 Å². The van der Waals surface area contributed by atoms with Crippen molar-refractivity contribution in [1.82, 2.24) is 0 Å². The van der Waals surface area contributed by atoms with Gasteiger partial charge >= 0.3 is 0 Å². The molecule has 13 N–H and O–H groups in total. The molecule has 0 saturated carbocycles. The molecule has 0 bridgehead atoms. The van der Waals surface area contributed by atoms with Gasteiger partial charge < -0.3 is 104 Å². The standard InChI is InChI=1S/C30H45NO23/c32-5-11-15(36)16(37)20(41)28(48-11)52-25-13(7-34)50-30(22(43)18(25)39)54-26-14(8-35)51-29(23(44)19(26)40)53-24-12(6-33)49-27(21(42)17(24)38)47-10-3-1-9(2-4-10)31(45)46/h1-4,11-30,32-44H,5-8H2/t11-,12-,13-,14-,15+,16+,17+,18-,19-,20+,21+,22+,23+,24-,25-,26-,27-,28+,29+,30+/m1/s1. The molecule has 4 saturated heterocycles. The average Bonchev–Trinajstić information content (AvgIpc) is 3.16. The van der Waals surface area contributed by atoms with E-state index in [1.165, 1.54) is 12.1 Å². The number of ether oxygens (including phenoxy) is 8. The van der Waals surface area contributed by atoms with Gasteiger partial charge in [0.2, 0.25) is 6.29 Å². The number of aliphatic hydroxyl groups excluding tert-OH is 13. The summed E-state index contributed by atoms with van der Waals surface area (Å²) in [7, 11) is 0. The highest BCUT2D eigenvalue weighted by atomic mass is 16.8. The van der Waals surface area contributed by atoms with Crippen LogP contribution in [0.2, 0.25) is 0 Å². The molecule has 20 atom stereocenters. The van der Waals surface area contributed by atoms with Gasteiger partial charge in [0.05, 0.1) is 31.4 Å². The molecule has 1 aromatic rings. The van der Waals surface area contributed by atoms with Gasteiger partial charge in [0.15, 0.2) is 18.9 Å². The largest absolute Gasteiger partial charge is 0.462 e. The Bertz CT molecular complexity index is 1340. The van der Waals surface area contributed by atoms with Crippen molar-refractivity contribution in [3.05, 3.63) is 34.4 Å². The molecule has 54 heavy (non-hydrogen) atoms. The minimum absolute atomic E-state index is 0.000590. The van der Waals surface area contributed by atoms with Gasteiger partial charge in [0.25, 0.3) is 5.69 Å². The molecule has 1 aromatic carbocycles. The zero-order valence-electron chi connectivity index (χ0n) is 28.0. The van der Waals surface area contributed by atoms with Crippen LogP contribution in [0, 0.1) is 10.1 Å². The maximum atomic E-state index is 11.1. The van der Waals surface area contributed by atoms with Crippen LogP contribution in [-0.2, 0) is 33.2 Å². The predicted octanol–water partition coefficient (Wildman–Crippen LogP) is -7.75. The second-order valence-electron chi connectivity index (χ2n) is 13.0. The number of rotatable bonds is 13. The number of hydrogen-bond acceptors (Lipinski definition) is 23. The van der Waals surface area contributed by atoms with E-state index in [0.717, 1.165) is 12.1 Å². The molecule has 308 valence electrons. The Hall–Kier alpha value is -2.38. The van der Waals surface area contributed by atoms with E-state index >= 15 is 0 Å². The van der Waals surface area contributed by atoms with Crippen molar-refractivity contribution in [2.24, 2.45) is 0 Å². The fraction of sp³-hybridized carbons (Fsp3) is 0.800. The summed E-state index contributed by atoms with van der Waals surface area (Å²) in [5, 5.41) is 146. The van der Waals surface area contributed by atoms with Crippen LogP contribution in [-0.4, -0.2) is 221 Å². The molecule has 0 amide bonds. The summed E-state index contributed by atoms with van der Waals surface area (Å²) < 4.78 is 44.2. The molecule has 0 aromatic heterocycles. The summed E-state index contributed by atoms with van der Waals surface area (Å²) in [5.74, 6) is 0.000590. The molecule has 0 radical (unpaired) electrons. The third kappa shape index (κ3) is 8.77. The van der Waals surface area contributed by atoms with Gasteiger partial charge in [-0.05, 0) is 12.1 Å². The molecular weight excluding hydrogens is 742 g/mol. The molecule has 0 unspecified atom stereocenters. The zero-order chi connectivity index (χ0) is 39.6. The molecule has 4 aliphatic rings. The van der Waals surface area contributed by atoms with Gasteiger partial charge in [0.1, 0.15) is 103 Å². The van der Waals surface area contributed by atoms with Gasteiger partial charge in [-0.15, -0.1) is 0 Å². The quantitative estimate of drug-likeness (QED) is 0.0652. The second-order valence-corrected chi connectivity index (χ2v) is 13.0. The lowest BCUT2D eigenvalue weighted by atomic mass is 9.95. The Morgan fingerprint density at radius 1 is 0.481 bits per heavy atom. The first-order valence-electron chi connectivity index (χ1n) is 16.7. The van der Waals surface area contributed by atoms with Gasteiger partial charge in [0, 0.05) is 12.1 Å². The number of nitro benzene ring substituents is 1. The molecule has 4 fully saturated rings. The fourth-order valence-electron chi connectivity index (χ4n) is 6.41. The Morgan fingerprint density at radius 2 is 0.815 bits per heavy atom. The van der Waals surface area contributed by atoms with E-state index in [1.807, 2.05) is 0 Å². The van der Waals surface area contributed by atoms with E-state index in [0.29, 0.717) is 0 Å².